The fraction of sp³-hybridized carbons (Fsp3) is 0.556. The number of aliphatic hydroxyl groups is 1. The maximum atomic E-state index is 12.1. The van der Waals surface area contributed by atoms with Gasteiger partial charge in [0.25, 0.3) is 5.91 Å². The van der Waals surface area contributed by atoms with Gasteiger partial charge in [0.15, 0.2) is 0 Å². The first-order chi connectivity index (χ1) is 10.6. The van der Waals surface area contributed by atoms with E-state index in [1.54, 1.807) is 26.1 Å². The van der Waals surface area contributed by atoms with Crippen molar-refractivity contribution in [2.75, 3.05) is 20.1 Å². The lowest BCUT2D eigenvalue weighted by Crippen LogP contribution is -2.39. The molecule has 0 heterocycles. The Bertz CT molecular complexity index is 530. The van der Waals surface area contributed by atoms with E-state index in [0.717, 1.165) is 5.56 Å². The Morgan fingerprint density at radius 1 is 1.22 bits per heavy atom. The maximum Gasteiger partial charge on any atom is 0.251 e. The van der Waals surface area contributed by atoms with Crippen molar-refractivity contribution in [2.24, 2.45) is 0 Å². The second kappa shape index (κ2) is 8.11. The van der Waals surface area contributed by atoms with Gasteiger partial charge in [-0.3, -0.25) is 9.59 Å². The van der Waals surface area contributed by atoms with Gasteiger partial charge in [0.2, 0.25) is 5.91 Å². The van der Waals surface area contributed by atoms with Crippen molar-refractivity contribution >= 4 is 11.8 Å². The van der Waals surface area contributed by atoms with Gasteiger partial charge in [-0.25, -0.2) is 0 Å². The molecule has 2 N–H and O–H groups in total. The van der Waals surface area contributed by atoms with Crippen molar-refractivity contribution in [3.8, 4) is 0 Å². The lowest BCUT2D eigenvalue weighted by molar-refractivity contribution is -0.129. The van der Waals surface area contributed by atoms with E-state index in [2.05, 4.69) is 26.1 Å². The summed E-state index contributed by atoms with van der Waals surface area (Å²) in [5.74, 6) is -0.437. The zero-order valence-electron chi connectivity index (χ0n) is 14.7. The number of likely N-dealkylation sites (N-methyl/N-ethyl adjacent to an activating group) is 1. The Hall–Kier alpha value is -1.88. The molecule has 5 nitrogen and oxygen atoms in total. The first kappa shape index (κ1) is 19.2. The average Bonchev–Trinajstić information content (AvgIpc) is 2.49. The molecule has 0 aromatic heterocycles. The molecule has 0 fully saturated rings. The fourth-order valence-electron chi connectivity index (χ4n) is 2.02. The van der Waals surface area contributed by atoms with Gasteiger partial charge in [0.1, 0.15) is 0 Å². The van der Waals surface area contributed by atoms with Crippen LogP contribution in [0.25, 0.3) is 0 Å². The van der Waals surface area contributed by atoms with Crippen LogP contribution >= 0.6 is 0 Å². The lowest BCUT2D eigenvalue weighted by Gasteiger charge is -2.19. The number of benzene rings is 1. The molecular formula is C18H28N2O3. The third kappa shape index (κ3) is 6.40. The number of hydrogen-bond donors (Lipinski definition) is 2. The molecule has 0 spiro atoms. The van der Waals surface area contributed by atoms with Crippen LogP contribution in [0.3, 0.4) is 0 Å². The largest absolute Gasteiger partial charge is 0.393 e. The summed E-state index contributed by atoms with van der Waals surface area (Å²) in [7, 11) is 1.66. The molecule has 0 saturated heterocycles. The van der Waals surface area contributed by atoms with Crippen LogP contribution < -0.4 is 5.32 Å². The van der Waals surface area contributed by atoms with E-state index in [0.29, 0.717) is 18.5 Å². The van der Waals surface area contributed by atoms with Crippen LogP contribution in [0.5, 0.6) is 0 Å². The van der Waals surface area contributed by atoms with E-state index in [1.807, 2.05) is 12.1 Å². The zero-order valence-corrected chi connectivity index (χ0v) is 14.7. The quantitative estimate of drug-likeness (QED) is 0.841. The summed E-state index contributed by atoms with van der Waals surface area (Å²) in [6.45, 7) is 8.45. The number of rotatable bonds is 6. The van der Waals surface area contributed by atoms with Crippen molar-refractivity contribution in [3.63, 3.8) is 0 Å². The third-order valence-electron chi connectivity index (χ3n) is 3.72. The Morgan fingerprint density at radius 2 is 1.78 bits per heavy atom. The molecular weight excluding hydrogens is 292 g/mol. The van der Waals surface area contributed by atoms with Crippen molar-refractivity contribution in [2.45, 2.75) is 45.6 Å². The molecule has 1 aromatic rings. The first-order valence-electron chi connectivity index (χ1n) is 7.92. The molecule has 0 aliphatic carbocycles. The van der Waals surface area contributed by atoms with Gasteiger partial charge < -0.3 is 15.3 Å². The topological polar surface area (TPSA) is 69.6 Å². The maximum absolute atomic E-state index is 12.1. The molecule has 1 unspecified atom stereocenters. The SMILES string of the molecule is CC(O)CCN(C)C(=O)CNC(=O)c1ccc(C(C)(C)C)cc1. The molecule has 0 aliphatic rings. The summed E-state index contributed by atoms with van der Waals surface area (Å²) >= 11 is 0. The van der Waals surface area contributed by atoms with E-state index >= 15 is 0 Å². The molecule has 23 heavy (non-hydrogen) atoms. The third-order valence-corrected chi connectivity index (χ3v) is 3.72. The van der Waals surface area contributed by atoms with Gasteiger partial charge in [-0.15, -0.1) is 0 Å². The molecule has 5 heteroatoms. The minimum atomic E-state index is -0.443. The number of hydrogen-bond acceptors (Lipinski definition) is 3. The average molecular weight is 320 g/mol. The van der Waals surface area contributed by atoms with Gasteiger partial charge >= 0.3 is 0 Å². The number of amides is 2. The molecule has 1 atom stereocenters. The highest BCUT2D eigenvalue weighted by Crippen LogP contribution is 2.22. The smallest absolute Gasteiger partial charge is 0.251 e. The standard InChI is InChI=1S/C18H28N2O3/c1-13(21)10-11-20(5)16(22)12-19-17(23)14-6-8-15(9-7-14)18(2,3)4/h6-9,13,21H,10-12H2,1-5H3,(H,19,23). The summed E-state index contributed by atoms with van der Waals surface area (Å²) in [4.78, 5) is 25.5. The molecule has 1 aromatic carbocycles. The Balaban J connectivity index is 2.52. The highest BCUT2D eigenvalue weighted by atomic mass is 16.3. The van der Waals surface area contributed by atoms with Gasteiger partial charge in [-0.1, -0.05) is 32.9 Å². The molecule has 0 bridgehead atoms. The summed E-state index contributed by atoms with van der Waals surface area (Å²) in [6.07, 6.45) is 0.0749. The van der Waals surface area contributed by atoms with Crippen LogP contribution in [0.2, 0.25) is 0 Å². The van der Waals surface area contributed by atoms with Crippen molar-refractivity contribution in [1.29, 1.82) is 0 Å². The Morgan fingerprint density at radius 3 is 2.26 bits per heavy atom. The molecule has 2 amide bonds. The molecule has 128 valence electrons. The van der Waals surface area contributed by atoms with Gasteiger partial charge in [0.05, 0.1) is 12.6 Å². The minimum absolute atomic E-state index is 0.0392. The zero-order chi connectivity index (χ0) is 17.6. The minimum Gasteiger partial charge on any atom is -0.393 e. The molecule has 0 aliphatic heterocycles. The van der Waals surface area contributed by atoms with Crippen molar-refractivity contribution in [1.82, 2.24) is 10.2 Å². The van der Waals surface area contributed by atoms with E-state index in [9.17, 15) is 14.7 Å². The molecule has 0 saturated carbocycles. The van der Waals surface area contributed by atoms with Crippen LogP contribution in [-0.4, -0.2) is 48.1 Å². The molecule has 0 radical (unpaired) electrons. The Kier molecular flexibility index (Phi) is 6.76. The van der Waals surface area contributed by atoms with E-state index in [-0.39, 0.29) is 23.8 Å². The first-order valence-corrected chi connectivity index (χ1v) is 7.92. The lowest BCUT2D eigenvalue weighted by atomic mass is 9.87. The summed E-state index contributed by atoms with van der Waals surface area (Å²) in [5, 5.41) is 11.9. The fourth-order valence-corrected chi connectivity index (χ4v) is 2.02. The van der Waals surface area contributed by atoms with Crippen LogP contribution in [0, 0.1) is 0 Å². The van der Waals surface area contributed by atoms with Crippen LogP contribution in [-0.2, 0) is 10.2 Å². The van der Waals surface area contributed by atoms with Crippen molar-refractivity contribution in [3.05, 3.63) is 35.4 Å². The highest BCUT2D eigenvalue weighted by molar-refractivity contribution is 5.96. The van der Waals surface area contributed by atoms with Crippen LogP contribution in [0.1, 0.15) is 50.0 Å². The van der Waals surface area contributed by atoms with Crippen LogP contribution in [0.15, 0.2) is 24.3 Å². The second-order valence-corrected chi connectivity index (χ2v) is 6.96. The summed E-state index contributed by atoms with van der Waals surface area (Å²) in [6, 6.07) is 7.42. The second-order valence-electron chi connectivity index (χ2n) is 6.96. The van der Waals surface area contributed by atoms with Crippen molar-refractivity contribution < 1.29 is 14.7 Å². The summed E-state index contributed by atoms with van der Waals surface area (Å²) < 4.78 is 0. The monoisotopic (exact) mass is 320 g/mol. The predicted molar refractivity (Wildman–Crippen MR) is 91.4 cm³/mol. The van der Waals surface area contributed by atoms with Gasteiger partial charge in [0, 0.05) is 19.2 Å². The number of aliphatic hydroxyl groups excluding tert-OH is 1. The summed E-state index contributed by atoms with van der Waals surface area (Å²) in [5.41, 5.74) is 1.73. The van der Waals surface area contributed by atoms with E-state index in [1.165, 1.54) is 4.90 Å². The Labute approximate surface area is 138 Å². The number of nitrogens with one attached hydrogen (secondary N) is 1. The van der Waals surface area contributed by atoms with E-state index in [4.69, 9.17) is 0 Å². The van der Waals surface area contributed by atoms with E-state index < -0.39 is 6.10 Å². The van der Waals surface area contributed by atoms with Crippen LogP contribution in [0.4, 0.5) is 0 Å². The number of nitrogens with zero attached hydrogens (tertiary/aromatic N) is 1. The number of carbonyl (C=O) groups excluding carboxylic acids is 2. The van der Waals surface area contributed by atoms with Gasteiger partial charge in [-0.2, -0.15) is 0 Å². The number of carbonyl (C=O) groups is 2. The van der Waals surface area contributed by atoms with Gasteiger partial charge in [-0.05, 0) is 36.5 Å². The highest BCUT2D eigenvalue weighted by Gasteiger charge is 2.15. The molecule has 1 rings (SSSR count). The predicted octanol–water partition coefficient (Wildman–Crippen LogP) is 1.94. The normalized spacial score (nSPS) is 12.6.